The molecule has 0 aliphatic heterocycles. The van der Waals surface area contributed by atoms with Crippen molar-refractivity contribution in [3.05, 3.63) is 29.8 Å². The molecule has 0 radical (unpaired) electrons. The number of hydrogen-bond acceptors (Lipinski definition) is 1. The average molecular weight is 265 g/mol. The number of alkyl halides is 3. The molecular formula is C10H11BrF2O. The molecule has 14 heavy (non-hydrogen) atoms. The van der Waals surface area contributed by atoms with Crippen molar-refractivity contribution in [3.63, 3.8) is 0 Å². The van der Waals surface area contributed by atoms with Crippen LogP contribution in [0.2, 0.25) is 0 Å². The highest BCUT2D eigenvalue weighted by Crippen LogP contribution is 2.35. The van der Waals surface area contributed by atoms with Crippen molar-refractivity contribution in [2.45, 2.75) is 18.2 Å². The predicted octanol–water partition coefficient (Wildman–Crippen LogP) is 3.92. The number of benzene rings is 1. The summed E-state index contributed by atoms with van der Waals surface area (Å²) in [4.78, 5) is -2.99. The molecule has 0 saturated heterocycles. The second kappa shape index (κ2) is 4.73. The molecule has 0 fully saturated rings. The average Bonchev–Trinajstić information content (AvgIpc) is 2.14. The van der Waals surface area contributed by atoms with E-state index < -0.39 is 4.83 Å². The molecular weight excluding hydrogens is 254 g/mol. The maximum atomic E-state index is 12.8. The van der Waals surface area contributed by atoms with E-state index in [9.17, 15) is 8.78 Å². The van der Waals surface area contributed by atoms with E-state index >= 15 is 0 Å². The lowest BCUT2D eigenvalue weighted by atomic mass is 10.2. The number of rotatable bonds is 4. The van der Waals surface area contributed by atoms with Crippen LogP contribution < -0.4 is 4.74 Å². The van der Waals surface area contributed by atoms with Gasteiger partial charge in [-0.1, -0.05) is 19.1 Å². The van der Waals surface area contributed by atoms with Crippen LogP contribution in [-0.2, 0) is 4.83 Å². The molecule has 0 unspecified atom stereocenters. The number of ether oxygens (including phenoxy) is 1. The van der Waals surface area contributed by atoms with Crippen LogP contribution in [-0.4, -0.2) is 6.61 Å². The lowest BCUT2D eigenvalue weighted by Gasteiger charge is -2.10. The van der Waals surface area contributed by atoms with Crippen molar-refractivity contribution in [2.75, 3.05) is 6.61 Å². The Morgan fingerprint density at radius 3 is 2.71 bits per heavy atom. The number of halogens is 3. The van der Waals surface area contributed by atoms with Crippen LogP contribution in [0.5, 0.6) is 5.75 Å². The second-order valence-corrected chi connectivity index (χ2v) is 3.87. The number of hydrogen-bond donors (Lipinski definition) is 0. The summed E-state index contributed by atoms with van der Waals surface area (Å²) in [6.07, 6.45) is 0.856. The minimum atomic E-state index is -2.99. The summed E-state index contributed by atoms with van der Waals surface area (Å²) in [5.41, 5.74) is -0.0916. The van der Waals surface area contributed by atoms with E-state index in [2.05, 4.69) is 15.9 Å². The lowest BCUT2D eigenvalue weighted by Crippen LogP contribution is -2.03. The van der Waals surface area contributed by atoms with E-state index in [1.807, 2.05) is 6.92 Å². The summed E-state index contributed by atoms with van der Waals surface area (Å²) in [5.74, 6) is 0.475. The maximum absolute atomic E-state index is 12.8. The van der Waals surface area contributed by atoms with E-state index in [-0.39, 0.29) is 5.56 Å². The van der Waals surface area contributed by atoms with Crippen molar-refractivity contribution in [3.8, 4) is 5.75 Å². The van der Waals surface area contributed by atoms with Gasteiger partial charge in [-0.3, -0.25) is 0 Å². The first-order valence-electron chi connectivity index (χ1n) is 4.34. The van der Waals surface area contributed by atoms with Crippen molar-refractivity contribution in [2.24, 2.45) is 0 Å². The van der Waals surface area contributed by atoms with E-state index in [4.69, 9.17) is 4.74 Å². The van der Waals surface area contributed by atoms with Crippen LogP contribution in [0.3, 0.4) is 0 Å². The van der Waals surface area contributed by atoms with Crippen LogP contribution in [0.15, 0.2) is 24.3 Å². The molecule has 0 atom stereocenters. The molecule has 4 heteroatoms. The normalized spacial score (nSPS) is 11.4. The van der Waals surface area contributed by atoms with Gasteiger partial charge in [-0.25, -0.2) is 0 Å². The smallest absolute Gasteiger partial charge is 0.326 e. The monoisotopic (exact) mass is 264 g/mol. The van der Waals surface area contributed by atoms with E-state index in [0.29, 0.717) is 12.4 Å². The Hall–Kier alpha value is -0.640. The Balaban J connectivity index is 2.79. The third-order valence-corrected chi connectivity index (χ3v) is 2.09. The van der Waals surface area contributed by atoms with Gasteiger partial charge in [-0.05, 0) is 34.5 Å². The standard InChI is InChI=1S/C10H11BrF2O/c1-2-6-14-9-5-3-4-8(7-9)10(11,12)13/h3-5,7H,2,6H2,1H3. The first-order valence-corrected chi connectivity index (χ1v) is 5.13. The summed E-state index contributed by atoms with van der Waals surface area (Å²) >= 11 is 2.30. The third-order valence-electron chi connectivity index (χ3n) is 1.63. The van der Waals surface area contributed by atoms with Crippen molar-refractivity contribution in [1.29, 1.82) is 0 Å². The summed E-state index contributed by atoms with van der Waals surface area (Å²) in [6, 6.07) is 5.91. The molecule has 1 nitrogen and oxygen atoms in total. The molecule has 0 aliphatic carbocycles. The van der Waals surface area contributed by atoms with Crippen molar-refractivity contribution < 1.29 is 13.5 Å². The predicted molar refractivity (Wildman–Crippen MR) is 55.0 cm³/mol. The van der Waals surface area contributed by atoms with Gasteiger partial charge in [-0.15, -0.1) is 0 Å². The molecule has 1 rings (SSSR count). The highest BCUT2D eigenvalue weighted by Gasteiger charge is 2.26. The van der Waals surface area contributed by atoms with Gasteiger partial charge in [0.25, 0.3) is 0 Å². The minimum absolute atomic E-state index is 0.0916. The highest BCUT2D eigenvalue weighted by molar-refractivity contribution is 9.09. The molecule has 1 aromatic carbocycles. The Morgan fingerprint density at radius 2 is 2.14 bits per heavy atom. The Labute approximate surface area is 90.2 Å². The van der Waals surface area contributed by atoms with Gasteiger partial charge in [0.05, 0.1) is 6.61 Å². The summed E-state index contributed by atoms with van der Waals surface area (Å²) in [7, 11) is 0. The molecule has 0 N–H and O–H groups in total. The Morgan fingerprint density at radius 1 is 1.43 bits per heavy atom. The fourth-order valence-corrected chi connectivity index (χ4v) is 1.23. The topological polar surface area (TPSA) is 9.23 Å². The quantitative estimate of drug-likeness (QED) is 0.750. The van der Waals surface area contributed by atoms with Gasteiger partial charge >= 0.3 is 4.83 Å². The van der Waals surface area contributed by atoms with Gasteiger partial charge in [0.15, 0.2) is 0 Å². The minimum Gasteiger partial charge on any atom is -0.494 e. The molecule has 0 bridgehead atoms. The van der Waals surface area contributed by atoms with Crippen LogP contribution >= 0.6 is 15.9 Å². The van der Waals surface area contributed by atoms with Gasteiger partial charge in [0, 0.05) is 5.56 Å². The van der Waals surface area contributed by atoms with Crippen LogP contribution in [0.1, 0.15) is 18.9 Å². The van der Waals surface area contributed by atoms with Gasteiger partial charge in [-0.2, -0.15) is 8.78 Å². The maximum Gasteiger partial charge on any atom is 0.326 e. The first kappa shape index (κ1) is 11.4. The largest absolute Gasteiger partial charge is 0.494 e. The molecule has 0 aromatic heterocycles. The van der Waals surface area contributed by atoms with Crippen LogP contribution in [0, 0.1) is 0 Å². The van der Waals surface area contributed by atoms with Gasteiger partial charge in [0.1, 0.15) is 5.75 Å². The molecule has 0 aliphatic rings. The zero-order chi connectivity index (χ0) is 10.6. The summed E-state index contributed by atoms with van der Waals surface area (Å²) < 4.78 is 30.9. The van der Waals surface area contributed by atoms with Crippen molar-refractivity contribution in [1.82, 2.24) is 0 Å². The van der Waals surface area contributed by atoms with Crippen LogP contribution in [0.25, 0.3) is 0 Å². The summed E-state index contributed by atoms with van der Waals surface area (Å²) in [6.45, 7) is 2.50. The molecule has 1 aromatic rings. The zero-order valence-electron chi connectivity index (χ0n) is 7.77. The zero-order valence-corrected chi connectivity index (χ0v) is 9.35. The Kier molecular flexibility index (Phi) is 3.86. The second-order valence-electron chi connectivity index (χ2n) is 2.87. The van der Waals surface area contributed by atoms with E-state index in [1.165, 1.54) is 12.1 Å². The van der Waals surface area contributed by atoms with Crippen LogP contribution in [0.4, 0.5) is 8.78 Å². The molecule has 0 spiro atoms. The van der Waals surface area contributed by atoms with Crippen molar-refractivity contribution >= 4 is 15.9 Å². The third kappa shape index (κ3) is 3.25. The summed E-state index contributed by atoms with van der Waals surface area (Å²) in [5, 5.41) is 0. The SMILES string of the molecule is CCCOc1cccc(C(F)(F)Br)c1. The van der Waals surface area contributed by atoms with E-state index in [0.717, 1.165) is 6.42 Å². The molecule has 0 saturated carbocycles. The lowest BCUT2D eigenvalue weighted by molar-refractivity contribution is 0.114. The molecule has 0 amide bonds. The van der Waals surface area contributed by atoms with Gasteiger partial charge < -0.3 is 4.74 Å². The fraction of sp³-hybridized carbons (Fsp3) is 0.400. The highest BCUT2D eigenvalue weighted by atomic mass is 79.9. The first-order chi connectivity index (χ1) is 6.54. The van der Waals surface area contributed by atoms with E-state index in [1.54, 1.807) is 12.1 Å². The fourth-order valence-electron chi connectivity index (χ4n) is 0.982. The Bertz CT molecular complexity index is 296. The van der Waals surface area contributed by atoms with Gasteiger partial charge in [0.2, 0.25) is 0 Å². The molecule has 0 heterocycles. The molecule has 78 valence electrons.